The summed E-state index contributed by atoms with van der Waals surface area (Å²) in [5.74, 6) is 0.228. The molecule has 6 heteroatoms. The van der Waals surface area contributed by atoms with Crippen molar-refractivity contribution in [2.75, 3.05) is 26.3 Å². The van der Waals surface area contributed by atoms with E-state index in [9.17, 15) is 4.79 Å². The van der Waals surface area contributed by atoms with Crippen molar-refractivity contribution in [3.05, 3.63) is 0 Å². The number of nitrogens with one attached hydrogen (secondary N) is 2. The van der Waals surface area contributed by atoms with Crippen LogP contribution >= 0.6 is 0 Å². The number of nitrogens with zero attached hydrogens (tertiary/aromatic N) is 1. The maximum Gasteiger partial charge on any atom is 0.317 e. The van der Waals surface area contributed by atoms with Crippen molar-refractivity contribution in [1.82, 2.24) is 10.2 Å². The number of carbonyl (C=O) groups excluding carboxylic acids is 1. The van der Waals surface area contributed by atoms with Gasteiger partial charge in [0.2, 0.25) is 0 Å². The third-order valence-corrected chi connectivity index (χ3v) is 4.06. The standard InChI is InChI=1S/C12H22N4O2/c1-12(10(13)14)3-5-16(6-4-12)11(17)15-9-2-7-18-8-9/h9H,2-8H2,1H3,(H3,13,14)(H,15,17). The lowest BCUT2D eigenvalue weighted by molar-refractivity contribution is 0.152. The Morgan fingerprint density at radius 3 is 2.67 bits per heavy atom. The molecule has 6 nitrogen and oxygen atoms in total. The second kappa shape index (κ2) is 5.14. The molecular weight excluding hydrogens is 232 g/mol. The zero-order chi connectivity index (χ0) is 13.2. The minimum absolute atomic E-state index is 0.0175. The van der Waals surface area contributed by atoms with Crippen LogP contribution in [-0.2, 0) is 4.74 Å². The predicted octanol–water partition coefficient (Wildman–Crippen LogP) is 0.523. The third-order valence-electron chi connectivity index (χ3n) is 4.06. The van der Waals surface area contributed by atoms with E-state index in [4.69, 9.17) is 15.9 Å². The first kappa shape index (κ1) is 13.1. The molecule has 0 aromatic carbocycles. The summed E-state index contributed by atoms with van der Waals surface area (Å²) in [6, 6.07) is 0.134. The van der Waals surface area contributed by atoms with E-state index in [1.54, 1.807) is 0 Å². The van der Waals surface area contributed by atoms with Gasteiger partial charge in [-0.1, -0.05) is 6.92 Å². The lowest BCUT2D eigenvalue weighted by Crippen LogP contribution is -2.51. The topological polar surface area (TPSA) is 91.4 Å². The number of hydrogen-bond acceptors (Lipinski definition) is 3. The number of nitrogens with two attached hydrogens (primary N) is 1. The van der Waals surface area contributed by atoms with Gasteiger partial charge in [0, 0.05) is 25.1 Å². The van der Waals surface area contributed by atoms with Gasteiger partial charge < -0.3 is 20.7 Å². The molecule has 2 heterocycles. The van der Waals surface area contributed by atoms with Crippen LogP contribution in [-0.4, -0.2) is 49.1 Å². The molecule has 0 spiro atoms. The van der Waals surface area contributed by atoms with E-state index < -0.39 is 0 Å². The fraction of sp³-hybridized carbons (Fsp3) is 0.833. The first-order valence-corrected chi connectivity index (χ1v) is 6.49. The maximum atomic E-state index is 12.0. The van der Waals surface area contributed by atoms with Crippen molar-refractivity contribution in [2.24, 2.45) is 11.1 Å². The van der Waals surface area contributed by atoms with Crippen molar-refractivity contribution in [2.45, 2.75) is 32.2 Å². The Labute approximate surface area is 107 Å². The largest absolute Gasteiger partial charge is 0.387 e. The molecule has 2 aliphatic rings. The van der Waals surface area contributed by atoms with E-state index in [0.717, 1.165) is 25.9 Å². The van der Waals surface area contributed by atoms with Gasteiger partial charge in [0.05, 0.1) is 18.5 Å². The summed E-state index contributed by atoms with van der Waals surface area (Å²) >= 11 is 0. The Kier molecular flexibility index (Phi) is 3.75. The average molecular weight is 254 g/mol. The van der Waals surface area contributed by atoms with E-state index in [1.165, 1.54) is 0 Å². The van der Waals surface area contributed by atoms with Crippen LogP contribution in [0.3, 0.4) is 0 Å². The maximum absolute atomic E-state index is 12.0. The molecule has 0 aromatic rings. The van der Waals surface area contributed by atoms with Crippen LogP contribution in [0, 0.1) is 10.8 Å². The van der Waals surface area contributed by atoms with Gasteiger partial charge in [0.25, 0.3) is 0 Å². The van der Waals surface area contributed by atoms with Gasteiger partial charge in [0.1, 0.15) is 0 Å². The van der Waals surface area contributed by atoms with Gasteiger partial charge in [-0.3, -0.25) is 5.41 Å². The Bertz CT molecular complexity index is 331. The molecule has 0 aromatic heterocycles. The van der Waals surface area contributed by atoms with Crippen LogP contribution in [0.15, 0.2) is 0 Å². The van der Waals surface area contributed by atoms with Crippen LogP contribution in [0.1, 0.15) is 26.2 Å². The predicted molar refractivity (Wildman–Crippen MR) is 68.6 cm³/mol. The van der Waals surface area contributed by atoms with E-state index in [-0.39, 0.29) is 23.3 Å². The van der Waals surface area contributed by atoms with E-state index in [1.807, 2.05) is 11.8 Å². The molecule has 2 rings (SSSR count). The van der Waals surface area contributed by atoms with Gasteiger partial charge >= 0.3 is 6.03 Å². The fourth-order valence-corrected chi connectivity index (χ4v) is 2.39. The summed E-state index contributed by atoms with van der Waals surface area (Å²) < 4.78 is 5.23. The summed E-state index contributed by atoms with van der Waals surface area (Å²) in [7, 11) is 0. The van der Waals surface area contributed by atoms with Crippen molar-refractivity contribution >= 4 is 11.9 Å². The number of rotatable bonds is 2. The first-order valence-electron chi connectivity index (χ1n) is 6.49. The zero-order valence-electron chi connectivity index (χ0n) is 10.9. The van der Waals surface area contributed by atoms with Crippen LogP contribution in [0.4, 0.5) is 4.79 Å². The van der Waals surface area contributed by atoms with Gasteiger partial charge in [-0.2, -0.15) is 0 Å². The summed E-state index contributed by atoms with van der Waals surface area (Å²) in [6.07, 6.45) is 2.42. The summed E-state index contributed by atoms with van der Waals surface area (Å²) in [5.41, 5.74) is 5.36. The minimum atomic E-state index is -0.243. The molecule has 1 unspecified atom stereocenters. The molecule has 4 N–H and O–H groups in total. The van der Waals surface area contributed by atoms with Gasteiger partial charge in [-0.15, -0.1) is 0 Å². The molecule has 102 valence electrons. The molecule has 0 aliphatic carbocycles. The highest BCUT2D eigenvalue weighted by molar-refractivity contribution is 5.83. The molecule has 0 radical (unpaired) electrons. The number of hydrogen-bond donors (Lipinski definition) is 3. The number of piperidine rings is 1. The number of amidine groups is 1. The third kappa shape index (κ3) is 2.75. The van der Waals surface area contributed by atoms with Gasteiger partial charge in [-0.05, 0) is 19.3 Å². The molecule has 1 atom stereocenters. The second-order valence-corrected chi connectivity index (χ2v) is 5.47. The van der Waals surface area contributed by atoms with Crippen molar-refractivity contribution in [1.29, 1.82) is 5.41 Å². The first-order chi connectivity index (χ1) is 8.51. The monoisotopic (exact) mass is 254 g/mol. The molecule has 2 amide bonds. The zero-order valence-corrected chi connectivity index (χ0v) is 10.9. The molecule has 0 bridgehead atoms. The highest BCUT2D eigenvalue weighted by Crippen LogP contribution is 2.30. The van der Waals surface area contributed by atoms with E-state index in [2.05, 4.69) is 5.32 Å². The number of carbonyl (C=O) groups is 1. The van der Waals surface area contributed by atoms with Crippen LogP contribution in [0.25, 0.3) is 0 Å². The number of amides is 2. The van der Waals surface area contributed by atoms with E-state index in [0.29, 0.717) is 19.7 Å². The Morgan fingerprint density at radius 1 is 1.50 bits per heavy atom. The van der Waals surface area contributed by atoms with Crippen molar-refractivity contribution < 1.29 is 9.53 Å². The van der Waals surface area contributed by atoms with Crippen molar-refractivity contribution in [3.63, 3.8) is 0 Å². The second-order valence-electron chi connectivity index (χ2n) is 5.47. The van der Waals surface area contributed by atoms with Crippen molar-refractivity contribution in [3.8, 4) is 0 Å². The normalized spacial score (nSPS) is 26.9. The highest BCUT2D eigenvalue weighted by Gasteiger charge is 2.34. The van der Waals surface area contributed by atoms with Gasteiger partial charge in [0.15, 0.2) is 0 Å². The summed E-state index contributed by atoms with van der Waals surface area (Å²) in [4.78, 5) is 13.8. The smallest absolute Gasteiger partial charge is 0.317 e. The SMILES string of the molecule is CC1(C(=N)N)CCN(C(=O)NC2CCOC2)CC1. The number of likely N-dealkylation sites (tertiary alicyclic amines) is 1. The molecule has 2 aliphatic heterocycles. The van der Waals surface area contributed by atoms with Crippen LogP contribution in [0.5, 0.6) is 0 Å². The quantitative estimate of drug-likeness (QED) is 0.495. The van der Waals surface area contributed by atoms with Crippen LogP contribution < -0.4 is 11.1 Å². The lowest BCUT2D eigenvalue weighted by atomic mass is 9.79. The fourth-order valence-electron chi connectivity index (χ4n) is 2.39. The minimum Gasteiger partial charge on any atom is -0.387 e. The average Bonchev–Trinajstić information content (AvgIpc) is 2.82. The Hall–Kier alpha value is -1.30. The molecular formula is C12H22N4O2. The summed E-state index contributed by atoms with van der Waals surface area (Å²) in [5, 5.41) is 10.6. The Morgan fingerprint density at radius 2 is 2.17 bits per heavy atom. The summed E-state index contributed by atoms with van der Waals surface area (Å²) in [6.45, 7) is 4.67. The molecule has 0 saturated carbocycles. The van der Waals surface area contributed by atoms with Crippen LogP contribution in [0.2, 0.25) is 0 Å². The highest BCUT2D eigenvalue weighted by atomic mass is 16.5. The molecule has 2 fully saturated rings. The Balaban J connectivity index is 1.81. The van der Waals surface area contributed by atoms with E-state index >= 15 is 0 Å². The number of ether oxygens (including phenoxy) is 1. The molecule has 2 saturated heterocycles. The van der Waals surface area contributed by atoms with Gasteiger partial charge in [-0.25, -0.2) is 4.79 Å². The number of urea groups is 1. The molecule has 18 heavy (non-hydrogen) atoms. The lowest BCUT2D eigenvalue weighted by Gasteiger charge is -2.38.